The van der Waals surface area contributed by atoms with Crippen molar-refractivity contribution in [2.45, 2.75) is 89.2 Å². The van der Waals surface area contributed by atoms with Crippen molar-refractivity contribution in [1.82, 2.24) is 0 Å². The van der Waals surface area contributed by atoms with Gasteiger partial charge in [0, 0.05) is 6.42 Å². The molecule has 1 heterocycles. The van der Waals surface area contributed by atoms with Crippen molar-refractivity contribution < 1.29 is 4.79 Å². The summed E-state index contributed by atoms with van der Waals surface area (Å²) in [5.74, 6) is 1.69. The zero-order chi connectivity index (χ0) is 13.3. The summed E-state index contributed by atoms with van der Waals surface area (Å²) in [6.07, 6.45) is 13.7. The second kappa shape index (κ2) is 9.01. The molecule has 1 fully saturated rings. The van der Waals surface area contributed by atoms with Gasteiger partial charge in [-0.05, 0) is 31.9 Å². The number of ketones is 1. The number of rotatable bonds is 10. The van der Waals surface area contributed by atoms with Gasteiger partial charge in [0.25, 0.3) is 0 Å². The lowest BCUT2D eigenvalue weighted by Gasteiger charge is -2.20. The molecule has 0 radical (unpaired) electrons. The van der Waals surface area contributed by atoms with E-state index in [0.29, 0.717) is 5.78 Å². The van der Waals surface area contributed by atoms with Gasteiger partial charge in [-0.15, -0.1) is 11.8 Å². The van der Waals surface area contributed by atoms with Crippen LogP contribution in [-0.4, -0.2) is 16.3 Å². The van der Waals surface area contributed by atoms with Gasteiger partial charge in [0.05, 0.1) is 4.75 Å². The Balaban J connectivity index is 1.96. The van der Waals surface area contributed by atoms with Crippen LogP contribution >= 0.6 is 11.8 Å². The van der Waals surface area contributed by atoms with E-state index >= 15 is 0 Å². The summed E-state index contributed by atoms with van der Waals surface area (Å²) in [6.45, 7) is 4.41. The van der Waals surface area contributed by atoms with Crippen LogP contribution in [0, 0.1) is 0 Å². The molecule has 1 aliphatic heterocycles. The lowest BCUT2D eigenvalue weighted by Crippen LogP contribution is -2.28. The number of unbranched alkanes of at least 4 members (excludes halogenated alkanes) is 7. The van der Waals surface area contributed by atoms with Crippen LogP contribution in [0.15, 0.2) is 0 Å². The predicted octanol–water partition coefficient (Wildman–Crippen LogP) is 5.37. The monoisotopic (exact) mass is 270 g/mol. The van der Waals surface area contributed by atoms with E-state index in [2.05, 4.69) is 13.8 Å². The van der Waals surface area contributed by atoms with Crippen LogP contribution in [0.25, 0.3) is 0 Å². The molecule has 0 aromatic heterocycles. The zero-order valence-corrected chi connectivity index (χ0v) is 13.1. The normalized spacial score (nSPS) is 23.4. The number of hydrogen-bond donors (Lipinski definition) is 0. The Morgan fingerprint density at radius 2 is 1.67 bits per heavy atom. The SMILES string of the molecule is CCCCCCCCCCC(=O)C1(C)CCCS1. The zero-order valence-electron chi connectivity index (χ0n) is 12.3. The van der Waals surface area contributed by atoms with Gasteiger partial charge in [0.2, 0.25) is 0 Å². The van der Waals surface area contributed by atoms with Crippen LogP contribution in [-0.2, 0) is 4.79 Å². The molecule has 0 N–H and O–H groups in total. The second-order valence-electron chi connectivity index (χ2n) is 5.83. The van der Waals surface area contributed by atoms with E-state index in [1.54, 1.807) is 0 Å². The lowest BCUT2D eigenvalue weighted by atomic mass is 9.95. The molecule has 106 valence electrons. The minimum absolute atomic E-state index is 0.0267. The van der Waals surface area contributed by atoms with Crippen molar-refractivity contribution in [1.29, 1.82) is 0 Å². The number of carbonyl (C=O) groups is 1. The van der Waals surface area contributed by atoms with Gasteiger partial charge in [-0.2, -0.15) is 0 Å². The molecule has 2 heteroatoms. The molecule has 0 aromatic carbocycles. The second-order valence-corrected chi connectivity index (χ2v) is 7.43. The molecule has 0 aromatic rings. The summed E-state index contributed by atoms with van der Waals surface area (Å²) in [7, 11) is 0. The Bertz CT molecular complexity index is 231. The van der Waals surface area contributed by atoms with Crippen molar-refractivity contribution in [2.75, 3.05) is 5.75 Å². The lowest BCUT2D eigenvalue weighted by molar-refractivity contribution is -0.121. The predicted molar refractivity (Wildman–Crippen MR) is 82.3 cm³/mol. The maximum absolute atomic E-state index is 12.1. The summed E-state index contributed by atoms with van der Waals surface area (Å²) in [6, 6.07) is 0. The maximum atomic E-state index is 12.1. The minimum Gasteiger partial charge on any atom is -0.298 e. The van der Waals surface area contributed by atoms with E-state index in [1.165, 1.54) is 57.1 Å². The number of carbonyl (C=O) groups excluding carboxylic acids is 1. The van der Waals surface area contributed by atoms with Gasteiger partial charge in [-0.25, -0.2) is 0 Å². The van der Waals surface area contributed by atoms with Crippen LogP contribution in [0.5, 0.6) is 0 Å². The molecule has 0 bridgehead atoms. The van der Waals surface area contributed by atoms with Crippen molar-refractivity contribution in [3.05, 3.63) is 0 Å². The molecule has 0 spiro atoms. The summed E-state index contributed by atoms with van der Waals surface area (Å²) in [4.78, 5) is 12.1. The molecule has 0 amide bonds. The van der Waals surface area contributed by atoms with Gasteiger partial charge in [-0.1, -0.05) is 51.9 Å². The summed E-state index contributed by atoms with van der Waals surface area (Å²) in [5.41, 5.74) is 0. The van der Waals surface area contributed by atoms with Crippen molar-refractivity contribution in [2.24, 2.45) is 0 Å². The van der Waals surface area contributed by atoms with Crippen molar-refractivity contribution >= 4 is 17.5 Å². The molecular formula is C16H30OS. The van der Waals surface area contributed by atoms with Crippen LogP contribution < -0.4 is 0 Å². The highest BCUT2D eigenvalue weighted by Crippen LogP contribution is 2.39. The Labute approximate surface area is 117 Å². The molecule has 0 saturated carbocycles. The highest BCUT2D eigenvalue weighted by atomic mass is 32.2. The Hall–Kier alpha value is 0.0200. The Morgan fingerprint density at radius 3 is 2.22 bits per heavy atom. The summed E-state index contributed by atoms with van der Waals surface area (Å²) >= 11 is 1.88. The number of thioether (sulfide) groups is 1. The first-order chi connectivity index (χ1) is 8.69. The van der Waals surface area contributed by atoms with E-state index in [-0.39, 0.29) is 4.75 Å². The molecular weight excluding hydrogens is 240 g/mol. The van der Waals surface area contributed by atoms with Crippen LogP contribution in [0.1, 0.15) is 84.5 Å². The largest absolute Gasteiger partial charge is 0.298 e. The fourth-order valence-corrected chi connectivity index (χ4v) is 3.97. The third-order valence-corrected chi connectivity index (χ3v) is 5.63. The fourth-order valence-electron chi connectivity index (χ4n) is 2.68. The molecule has 1 saturated heterocycles. The maximum Gasteiger partial charge on any atom is 0.148 e. The van der Waals surface area contributed by atoms with Gasteiger partial charge < -0.3 is 0 Å². The molecule has 0 aliphatic carbocycles. The smallest absolute Gasteiger partial charge is 0.148 e. The molecule has 1 atom stereocenters. The van der Waals surface area contributed by atoms with Crippen molar-refractivity contribution in [3.63, 3.8) is 0 Å². The van der Waals surface area contributed by atoms with E-state index < -0.39 is 0 Å². The van der Waals surface area contributed by atoms with E-state index in [4.69, 9.17) is 0 Å². The molecule has 1 nitrogen and oxygen atoms in total. The first kappa shape index (κ1) is 16.1. The van der Waals surface area contributed by atoms with E-state index in [9.17, 15) is 4.79 Å². The quantitative estimate of drug-likeness (QED) is 0.496. The van der Waals surface area contributed by atoms with Crippen LogP contribution in [0.3, 0.4) is 0 Å². The number of Topliss-reactive ketones (excluding diaryl/α,β-unsaturated/α-hetero) is 1. The molecule has 1 rings (SSSR count). The highest BCUT2D eigenvalue weighted by Gasteiger charge is 2.35. The summed E-state index contributed by atoms with van der Waals surface area (Å²) in [5, 5.41) is 0. The van der Waals surface area contributed by atoms with Gasteiger partial charge in [0.1, 0.15) is 5.78 Å². The summed E-state index contributed by atoms with van der Waals surface area (Å²) < 4.78 is -0.0267. The molecule has 1 aliphatic rings. The van der Waals surface area contributed by atoms with Gasteiger partial charge in [-0.3, -0.25) is 4.79 Å². The Kier molecular flexibility index (Phi) is 8.05. The first-order valence-electron chi connectivity index (χ1n) is 7.86. The number of hydrogen-bond acceptors (Lipinski definition) is 2. The molecule has 1 unspecified atom stereocenters. The average Bonchev–Trinajstić information content (AvgIpc) is 2.81. The van der Waals surface area contributed by atoms with Gasteiger partial charge in [0.15, 0.2) is 0 Å². The fraction of sp³-hybridized carbons (Fsp3) is 0.938. The van der Waals surface area contributed by atoms with E-state index in [0.717, 1.165) is 19.3 Å². The van der Waals surface area contributed by atoms with E-state index in [1.807, 2.05) is 11.8 Å². The third-order valence-electron chi connectivity index (χ3n) is 4.07. The Morgan fingerprint density at radius 1 is 1.06 bits per heavy atom. The van der Waals surface area contributed by atoms with Gasteiger partial charge >= 0.3 is 0 Å². The van der Waals surface area contributed by atoms with Crippen LogP contribution in [0.4, 0.5) is 0 Å². The standard InChI is InChI=1S/C16H30OS/c1-3-4-5-6-7-8-9-10-12-15(17)16(2)13-11-14-18-16/h3-14H2,1-2H3. The first-order valence-corrected chi connectivity index (χ1v) is 8.85. The topological polar surface area (TPSA) is 17.1 Å². The third kappa shape index (κ3) is 5.77. The molecule has 18 heavy (non-hydrogen) atoms. The van der Waals surface area contributed by atoms with Crippen molar-refractivity contribution in [3.8, 4) is 0 Å². The average molecular weight is 270 g/mol. The minimum atomic E-state index is -0.0267. The highest BCUT2D eigenvalue weighted by molar-refractivity contribution is 8.01. The van der Waals surface area contributed by atoms with Crippen LogP contribution in [0.2, 0.25) is 0 Å².